The van der Waals surface area contributed by atoms with E-state index in [1.165, 1.54) is 25.7 Å². The van der Waals surface area contributed by atoms with Crippen LogP contribution >= 0.6 is 0 Å². The molecule has 0 N–H and O–H groups in total. The molecule has 3 nitrogen and oxygen atoms in total. The number of carbonyl (C=O) groups is 2. The van der Waals surface area contributed by atoms with Gasteiger partial charge in [0.05, 0.1) is 0 Å². The molecular formula is C24H37NO2. The van der Waals surface area contributed by atoms with E-state index in [-0.39, 0.29) is 22.7 Å². The smallest absolute Gasteiger partial charge is 0.246 e. The highest BCUT2D eigenvalue weighted by molar-refractivity contribution is 5.89. The van der Waals surface area contributed by atoms with Gasteiger partial charge < -0.3 is 4.90 Å². The fourth-order valence-electron chi connectivity index (χ4n) is 7.81. The van der Waals surface area contributed by atoms with E-state index in [0.717, 1.165) is 19.3 Å². The van der Waals surface area contributed by atoms with Gasteiger partial charge in [0.1, 0.15) is 5.78 Å². The van der Waals surface area contributed by atoms with Crippen LogP contribution in [0.2, 0.25) is 0 Å². The van der Waals surface area contributed by atoms with Gasteiger partial charge in [0.15, 0.2) is 0 Å². The predicted octanol–water partition coefficient (Wildman–Crippen LogP) is 4.86. The molecule has 3 aliphatic carbocycles. The van der Waals surface area contributed by atoms with E-state index in [9.17, 15) is 9.59 Å². The second-order valence-electron chi connectivity index (χ2n) is 10.9. The monoisotopic (exact) mass is 371 g/mol. The minimum Gasteiger partial charge on any atom is -0.338 e. The van der Waals surface area contributed by atoms with E-state index in [4.69, 9.17) is 0 Å². The molecule has 0 aromatic carbocycles. The summed E-state index contributed by atoms with van der Waals surface area (Å²) < 4.78 is 0. The third-order valence-electron chi connectivity index (χ3n) is 9.13. The third kappa shape index (κ3) is 2.75. The zero-order valence-electron chi connectivity index (χ0n) is 17.8. The van der Waals surface area contributed by atoms with E-state index in [1.54, 1.807) is 0 Å². The molecule has 27 heavy (non-hydrogen) atoms. The first-order valence-corrected chi connectivity index (χ1v) is 11.2. The van der Waals surface area contributed by atoms with Crippen molar-refractivity contribution in [3.8, 4) is 0 Å². The first kappa shape index (κ1) is 19.2. The van der Waals surface area contributed by atoms with Crippen molar-refractivity contribution in [1.29, 1.82) is 0 Å². The highest BCUT2D eigenvalue weighted by atomic mass is 16.2. The van der Waals surface area contributed by atoms with Crippen molar-refractivity contribution >= 4 is 11.7 Å². The van der Waals surface area contributed by atoms with E-state index >= 15 is 0 Å². The fraction of sp³-hybridized carbons (Fsp3) is 0.833. The van der Waals surface area contributed by atoms with Crippen LogP contribution in [0, 0.1) is 40.4 Å². The number of hydrogen-bond donors (Lipinski definition) is 0. The number of nitrogens with zero attached hydrogens (tertiary/aromatic N) is 1. The zero-order chi connectivity index (χ0) is 19.6. The van der Waals surface area contributed by atoms with Crippen LogP contribution in [0.4, 0.5) is 0 Å². The lowest BCUT2D eigenvalue weighted by Gasteiger charge is -2.60. The molecule has 0 saturated heterocycles. The topological polar surface area (TPSA) is 37.4 Å². The number of amides is 1. The molecule has 0 spiro atoms. The Bertz CT molecular complexity index is 667. The SMILES string of the molecule is CC(C)CC(=O)C1CC[C@H]2[C@@H]3CCC4N(C)C(=O)C=C[C@]4(C)[C@@H]3CC[C@]12C. The van der Waals surface area contributed by atoms with Crippen molar-refractivity contribution in [3.63, 3.8) is 0 Å². The average Bonchev–Trinajstić information content (AvgIpc) is 2.95. The fourth-order valence-corrected chi connectivity index (χ4v) is 7.81. The van der Waals surface area contributed by atoms with Crippen molar-refractivity contribution in [2.24, 2.45) is 40.4 Å². The van der Waals surface area contributed by atoms with Crippen molar-refractivity contribution < 1.29 is 9.59 Å². The summed E-state index contributed by atoms with van der Waals surface area (Å²) in [4.78, 5) is 27.2. The van der Waals surface area contributed by atoms with Crippen molar-refractivity contribution in [3.05, 3.63) is 12.2 Å². The standard InChI is InChI=1S/C24H37NO2/c1-15(2)14-20(26)19-8-7-17-16-6-9-21-24(4,13-11-22(27)25(21)5)18(16)10-12-23(17,19)3/h11,13,15-19,21H,6-10,12,14H2,1-5H3/t16-,17-,18+,19?,21?,23-,24+/m0/s1. The zero-order valence-corrected chi connectivity index (χ0v) is 17.8. The van der Waals surface area contributed by atoms with Gasteiger partial charge in [-0.3, -0.25) is 9.59 Å². The Morgan fingerprint density at radius 2 is 1.89 bits per heavy atom. The van der Waals surface area contributed by atoms with E-state index in [1.807, 2.05) is 18.0 Å². The third-order valence-corrected chi connectivity index (χ3v) is 9.13. The molecule has 150 valence electrons. The number of rotatable bonds is 3. The van der Waals surface area contributed by atoms with Crippen LogP contribution in [0.25, 0.3) is 0 Å². The largest absolute Gasteiger partial charge is 0.338 e. The molecule has 7 atom stereocenters. The minimum atomic E-state index is 0.104. The van der Waals surface area contributed by atoms with Gasteiger partial charge >= 0.3 is 0 Å². The Labute approximate surface area is 165 Å². The Hall–Kier alpha value is -1.12. The lowest BCUT2D eigenvalue weighted by Crippen LogP contribution is -2.59. The molecule has 0 aromatic rings. The van der Waals surface area contributed by atoms with Gasteiger partial charge in [0, 0.05) is 30.8 Å². The summed E-state index contributed by atoms with van der Waals surface area (Å²) in [6.45, 7) is 9.16. The molecule has 1 amide bonds. The van der Waals surface area contributed by atoms with Crippen LogP contribution in [0.1, 0.15) is 72.6 Å². The Morgan fingerprint density at radius 1 is 1.15 bits per heavy atom. The summed E-state index contributed by atoms with van der Waals surface area (Å²) in [5.41, 5.74) is 0.309. The highest BCUT2D eigenvalue weighted by Gasteiger charge is 2.61. The summed E-state index contributed by atoms with van der Waals surface area (Å²) in [6.07, 6.45) is 11.9. The molecule has 1 heterocycles. The van der Waals surface area contributed by atoms with Crippen LogP contribution < -0.4 is 0 Å². The number of fused-ring (bicyclic) bond motifs is 5. The molecule has 1 aliphatic heterocycles. The predicted molar refractivity (Wildman–Crippen MR) is 108 cm³/mol. The normalized spacial score (nSPS) is 46.2. The quantitative estimate of drug-likeness (QED) is 0.710. The number of carbonyl (C=O) groups excluding carboxylic acids is 2. The highest BCUT2D eigenvalue weighted by Crippen LogP contribution is 2.65. The van der Waals surface area contributed by atoms with Crippen molar-refractivity contribution in [2.75, 3.05) is 7.05 Å². The first-order chi connectivity index (χ1) is 12.7. The summed E-state index contributed by atoms with van der Waals surface area (Å²) in [5, 5.41) is 0. The second kappa shape index (κ2) is 6.46. The van der Waals surface area contributed by atoms with Crippen molar-refractivity contribution in [1.82, 2.24) is 4.90 Å². The van der Waals surface area contributed by atoms with Gasteiger partial charge in [0.25, 0.3) is 0 Å². The van der Waals surface area contributed by atoms with Crippen LogP contribution in [0.5, 0.6) is 0 Å². The summed E-state index contributed by atoms with van der Waals surface area (Å²) in [7, 11) is 1.98. The van der Waals surface area contributed by atoms with Gasteiger partial charge in [-0.15, -0.1) is 0 Å². The van der Waals surface area contributed by atoms with Gasteiger partial charge in [-0.25, -0.2) is 0 Å². The maximum absolute atomic E-state index is 13.0. The Morgan fingerprint density at radius 3 is 2.59 bits per heavy atom. The van der Waals surface area contributed by atoms with Gasteiger partial charge in [0.2, 0.25) is 5.91 Å². The van der Waals surface area contributed by atoms with Crippen LogP contribution in [0.15, 0.2) is 12.2 Å². The lowest BCUT2D eigenvalue weighted by molar-refractivity contribution is -0.141. The molecular weight excluding hydrogens is 334 g/mol. The molecule has 2 unspecified atom stereocenters. The molecule has 0 aromatic heterocycles. The molecule has 0 bridgehead atoms. The summed E-state index contributed by atoms with van der Waals surface area (Å²) >= 11 is 0. The van der Waals surface area contributed by atoms with Crippen LogP contribution in [-0.4, -0.2) is 29.7 Å². The maximum atomic E-state index is 13.0. The maximum Gasteiger partial charge on any atom is 0.246 e. The first-order valence-electron chi connectivity index (χ1n) is 11.2. The second-order valence-corrected chi connectivity index (χ2v) is 10.9. The summed E-state index contributed by atoms with van der Waals surface area (Å²) in [5.74, 6) is 3.49. The van der Waals surface area contributed by atoms with Gasteiger partial charge in [-0.1, -0.05) is 33.8 Å². The number of Topliss-reactive ketones (excluding diaryl/α,β-unsaturated/α-hetero) is 1. The van der Waals surface area contributed by atoms with E-state index in [2.05, 4.69) is 33.8 Å². The molecule has 4 aliphatic rings. The van der Waals surface area contributed by atoms with Gasteiger partial charge in [-0.2, -0.15) is 0 Å². The van der Waals surface area contributed by atoms with E-state index in [0.29, 0.717) is 35.5 Å². The Balaban J connectivity index is 1.60. The molecule has 0 radical (unpaired) electrons. The Kier molecular flexibility index (Phi) is 4.59. The number of ketones is 1. The number of likely N-dealkylation sites (N-methyl/N-ethyl adjacent to an activating group) is 1. The van der Waals surface area contributed by atoms with Crippen molar-refractivity contribution in [2.45, 2.75) is 78.7 Å². The average molecular weight is 372 g/mol. The minimum absolute atomic E-state index is 0.104. The number of hydrogen-bond acceptors (Lipinski definition) is 2. The van der Waals surface area contributed by atoms with Crippen LogP contribution in [0.3, 0.4) is 0 Å². The molecule has 3 fully saturated rings. The molecule has 4 rings (SSSR count). The van der Waals surface area contributed by atoms with Gasteiger partial charge in [-0.05, 0) is 73.7 Å². The molecule has 3 saturated carbocycles. The van der Waals surface area contributed by atoms with Crippen LogP contribution in [-0.2, 0) is 9.59 Å². The molecule has 3 heteroatoms. The lowest BCUT2D eigenvalue weighted by atomic mass is 9.47. The van der Waals surface area contributed by atoms with E-state index < -0.39 is 0 Å². The summed E-state index contributed by atoms with van der Waals surface area (Å²) in [6, 6.07) is 0.348.